The van der Waals surface area contributed by atoms with Gasteiger partial charge in [-0.3, -0.25) is 24.5 Å². The standard InChI is InChI=1S/C30H36N4O5/c1-30(2,3)39-26(36)16-17-34-25-15-14-23(33(4)28(38)22-8-6-5-7-9-22)18-24(25)31-29(34)32-27(37)21-12-10-20(19-35)11-13-21/h10-15,18-19,22H,5-9,16-17H2,1-4H3,(H,31,32,37). The number of carbonyl (C=O) groups is 4. The van der Waals surface area contributed by atoms with Crippen LogP contribution in [0.5, 0.6) is 0 Å². The number of rotatable bonds is 8. The smallest absolute Gasteiger partial charge is 0.308 e. The molecule has 1 N–H and O–H groups in total. The van der Waals surface area contributed by atoms with E-state index in [1.54, 1.807) is 40.8 Å². The Morgan fingerprint density at radius 1 is 1.08 bits per heavy atom. The number of hydrogen-bond acceptors (Lipinski definition) is 6. The van der Waals surface area contributed by atoms with Crippen molar-refractivity contribution in [3.05, 3.63) is 53.6 Å². The van der Waals surface area contributed by atoms with Gasteiger partial charge in [0.2, 0.25) is 11.9 Å². The lowest BCUT2D eigenvalue weighted by Gasteiger charge is -2.26. The Balaban J connectivity index is 1.62. The number of aldehydes is 1. The molecule has 2 aromatic carbocycles. The molecule has 1 fully saturated rings. The van der Waals surface area contributed by atoms with Crippen molar-refractivity contribution >= 4 is 46.7 Å². The number of ether oxygens (including phenoxy) is 1. The van der Waals surface area contributed by atoms with Gasteiger partial charge >= 0.3 is 5.97 Å². The zero-order chi connectivity index (χ0) is 28.2. The van der Waals surface area contributed by atoms with Crippen LogP contribution >= 0.6 is 0 Å². The Hall–Kier alpha value is -4.01. The average molecular weight is 533 g/mol. The topological polar surface area (TPSA) is 111 Å². The van der Waals surface area contributed by atoms with Crippen molar-refractivity contribution in [1.29, 1.82) is 0 Å². The first-order valence-electron chi connectivity index (χ1n) is 13.4. The van der Waals surface area contributed by atoms with Gasteiger partial charge in [-0.05, 0) is 63.9 Å². The number of benzene rings is 2. The number of fused-ring (bicyclic) bond motifs is 1. The van der Waals surface area contributed by atoms with Gasteiger partial charge in [0.15, 0.2) is 0 Å². The lowest BCUT2D eigenvalue weighted by atomic mass is 9.88. The van der Waals surface area contributed by atoms with Gasteiger partial charge in [-0.1, -0.05) is 31.4 Å². The Bertz CT molecular complexity index is 1360. The van der Waals surface area contributed by atoms with Gasteiger partial charge in [0.05, 0.1) is 17.5 Å². The zero-order valence-corrected chi connectivity index (χ0v) is 23.0. The Morgan fingerprint density at radius 2 is 1.77 bits per heavy atom. The summed E-state index contributed by atoms with van der Waals surface area (Å²) in [6, 6.07) is 11.8. The highest BCUT2D eigenvalue weighted by molar-refractivity contribution is 6.04. The second-order valence-electron chi connectivity index (χ2n) is 11.0. The molecule has 1 saturated carbocycles. The monoisotopic (exact) mass is 532 g/mol. The molecule has 1 aliphatic rings. The molecule has 1 heterocycles. The molecule has 0 saturated heterocycles. The van der Waals surface area contributed by atoms with Crippen molar-refractivity contribution in [3.63, 3.8) is 0 Å². The van der Waals surface area contributed by atoms with Crippen molar-refractivity contribution in [1.82, 2.24) is 9.55 Å². The molecular weight excluding hydrogens is 496 g/mol. The van der Waals surface area contributed by atoms with E-state index in [0.717, 1.165) is 31.4 Å². The lowest BCUT2D eigenvalue weighted by molar-refractivity contribution is -0.155. The molecule has 0 spiro atoms. The molecule has 1 aliphatic carbocycles. The normalized spacial score (nSPS) is 14.2. The van der Waals surface area contributed by atoms with E-state index in [0.29, 0.717) is 28.4 Å². The van der Waals surface area contributed by atoms with Crippen LogP contribution in [0.25, 0.3) is 11.0 Å². The van der Waals surface area contributed by atoms with Gasteiger partial charge < -0.3 is 14.2 Å². The summed E-state index contributed by atoms with van der Waals surface area (Å²) in [5, 5.41) is 2.84. The van der Waals surface area contributed by atoms with Crippen molar-refractivity contribution in [2.75, 3.05) is 17.3 Å². The molecule has 0 radical (unpaired) electrons. The number of aryl methyl sites for hydroxylation is 1. The SMILES string of the molecule is CN(C(=O)C1CCCCC1)c1ccc2c(c1)nc(NC(=O)c1ccc(C=O)cc1)n2CCC(=O)OC(C)(C)C. The van der Waals surface area contributed by atoms with Crippen LogP contribution in [0.1, 0.15) is 80.0 Å². The Morgan fingerprint density at radius 3 is 2.41 bits per heavy atom. The molecule has 9 nitrogen and oxygen atoms in total. The minimum absolute atomic E-state index is 0.0336. The summed E-state index contributed by atoms with van der Waals surface area (Å²) in [6.07, 6.45) is 5.95. The van der Waals surface area contributed by atoms with Crippen LogP contribution in [-0.4, -0.2) is 46.3 Å². The van der Waals surface area contributed by atoms with Gasteiger partial charge in [0.1, 0.15) is 11.9 Å². The van der Waals surface area contributed by atoms with E-state index in [-0.39, 0.29) is 36.7 Å². The molecule has 0 aliphatic heterocycles. The summed E-state index contributed by atoms with van der Waals surface area (Å²) in [4.78, 5) is 55.9. The largest absolute Gasteiger partial charge is 0.460 e. The highest BCUT2D eigenvalue weighted by Gasteiger charge is 2.26. The molecule has 0 bridgehead atoms. The van der Waals surface area contributed by atoms with Crippen LogP contribution in [0.4, 0.5) is 11.6 Å². The van der Waals surface area contributed by atoms with E-state index in [1.165, 1.54) is 6.42 Å². The number of hydrogen-bond donors (Lipinski definition) is 1. The predicted molar refractivity (Wildman–Crippen MR) is 150 cm³/mol. The summed E-state index contributed by atoms with van der Waals surface area (Å²) < 4.78 is 7.23. The summed E-state index contributed by atoms with van der Waals surface area (Å²) in [6.45, 7) is 5.67. The molecule has 4 rings (SSSR count). The highest BCUT2D eigenvalue weighted by Crippen LogP contribution is 2.30. The van der Waals surface area contributed by atoms with Gasteiger partial charge in [0.25, 0.3) is 5.91 Å². The lowest BCUT2D eigenvalue weighted by Crippen LogP contribution is -2.33. The second-order valence-corrected chi connectivity index (χ2v) is 11.0. The maximum absolute atomic E-state index is 13.1. The first kappa shape index (κ1) is 28.0. The van der Waals surface area contributed by atoms with Crippen molar-refractivity contribution in [3.8, 4) is 0 Å². The van der Waals surface area contributed by atoms with E-state index in [1.807, 2.05) is 39.0 Å². The predicted octanol–water partition coefficient (Wildman–Crippen LogP) is 5.38. The molecule has 0 unspecified atom stereocenters. The highest BCUT2D eigenvalue weighted by atomic mass is 16.6. The number of nitrogens with one attached hydrogen (secondary N) is 1. The van der Waals surface area contributed by atoms with Gasteiger partial charge in [0, 0.05) is 36.3 Å². The first-order chi connectivity index (χ1) is 18.6. The number of carbonyl (C=O) groups excluding carboxylic acids is 4. The third kappa shape index (κ3) is 6.90. The fraction of sp³-hybridized carbons (Fsp3) is 0.433. The number of nitrogens with zero attached hydrogens (tertiary/aromatic N) is 3. The van der Waals surface area contributed by atoms with Gasteiger partial charge in [-0.2, -0.15) is 0 Å². The second kappa shape index (κ2) is 11.8. The summed E-state index contributed by atoms with van der Waals surface area (Å²) in [7, 11) is 1.78. The van der Waals surface area contributed by atoms with Crippen LogP contribution in [0.3, 0.4) is 0 Å². The zero-order valence-electron chi connectivity index (χ0n) is 23.0. The van der Waals surface area contributed by atoms with Crippen molar-refractivity contribution in [2.45, 2.75) is 71.4 Å². The van der Waals surface area contributed by atoms with E-state index >= 15 is 0 Å². The molecular formula is C30H36N4O5. The van der Waals surface area contributed by atoms with Crippen LogP contribution in [0.15, 0.2) is 42.5 Å². The number of amides is 2. The quantitative estimate of drug-likeness (QED) is 0.308. The van der Waals surface area contributed by atoms with E-state index < -0.39 is 11.5 Å². The molecule has 2 amide bonds. The number of esters is 1. The molecule has 3 aromatic rings. The fourth-order valence-electron chi connectivity index (χ4n) is 4.88. The van der Waals surface area contributed by atoms with Crippen molar-refractivity contribution in [2.24, 2.45) is 5.92 Å². The van der Waals surface area contributed by atoms with Crippen LogP contribution in [0.2, 0.25) is 0 Å². The first-order valence-corrected chi connectivity index (χ1v) is 13.4. The third-order valence-electron chi connectivity index (χ3n) is 6.90. The van der Waals surface area contributed by atoms with E-state index in [4.69, 9.17) is 4.74 Å². The van der Waals surface area contributed by atoms with Crippen LogP contribution < -0.4 is 10.2 Å². The van der Waals surface area contributed by atoms with Crippen LogP contribution in [0, 0.1) is 5.92 Å². The molecule has 0 atom stereocenters. The van der Waals surface area contributed by atoms with E-state index in [9.17, 15) is 19.2 Å². The maximum Gasteiger partial charge on any atom is 0.308 e. The summed E-state index contributed by atoms with van der Waals surface area (Å²) in [5.74, 6) is -0.347. The van der Waals surface area contributed by atoms with Crippen LogP contribution in [-0.2, 0) is 20.9 Å². The fourth-order valence-corrected chi connectivity index (χ4v) is 4.88. The van der Waals surface area contributed by atoms with Crippen molar-refractivity contribution < 1.29 is 23.9 Å². The maximum atomic E-state index is 13.1. The summed E-state index contributed by atoms with van der Waals surface area (Å²) >= 11 is 0. The summed E-state index contributed by atoms with van der Waals surface area (Å²) in [5.41, 5.74) is 2.25. The number of imidazole rings is 1. The molecule has 1 aromatic heterocycles. The minimum Gasteiger partial charge on any atom is -0.460 e. The number of aromatic nitrogens is 2. The van der Waals surface area contributed by atoms with Gasteiger partial charge in [-0.15, -0.1) is 0 Å². The average Bonchev–Trinajstić information content (AvgIpc) is 3.26. The van der Waals surface area contributed by atoms with Gasteiger partial charge in [-0.25, -0.2) is 4.98 Å². The Kier molecular flexibility index (Phi) is 8.47. The minimum atomic E-state index is -0.608. The third-order valence-corrected chi connectivity index (χ3v) is 6.90. The molecule has 9 heteroatoms. The molecule has 39 heavy (non-hydrogen) atoms. The number of anilines is 2. The molecule has 206 valence electrons. The Labute approximate surface area is 228 Å². The van der Waals surface area contributed by atoms with E-state index in [2.05, 4.69) is 10.3 Å².